The van der Waals surface area contributed by atoms with Gasteiger partial charge in [0.15, 0.2) is 5.82 Å². The lowest BCUT2D eigenvalue weighted by molar-refractivity contribution is -0.137. The van der Waals surface area contributed by atoms with E-state index < -0.39 is 17.9 Å². The van der Waals surface area contributed by atoms with E-state index >= 15 is 0 Å². The molecule has 1 unspecified atom stereocenters. The van der Waals surface area contributed by atoms with E-state index in [1.54, 1.807) is 17.7 Å². The Balaban J connectivity index is 1.62. The third kappa shape index (κ3) is 3.97. The van der Waals surface area contributed by atoms with Gasteiger partial charge in [0.1, 0.15) is 17.4 Å². The van der Waals surface area contributed by atoms with E-state index in [1.165, 1.54) is 28.3 Å². The maximum Gasteiger partial charge on any atom is 0.325 e. The lowest BCUT2D eigenvalue weighted by Gasteiger charge is -2.12. The smallest absolute Gasteiger partial charge is 0.325 e. The van der Waals surface area contributed by atoms with Crippen molar-refractivity contribution < 1.29 is 19.5 Å². The Hall–Kier alpha value is -3.21. The third-order valence-electron chi connectivity index (χ3n) is 3.85. The molecule has 0 saturated heterocycles. The van der Waals surface area contributed by atoms with Gasteiger partial charge in [-0.1, -0.05) is 0 Å². The molecule has 3 aromatic heterocycles. The van der Waals surface area contributed by atoms with E-state index in [1.807, 2.05) is 14.0 Å². The number of aliphatic carboxylic acids is 1. The fourth-order valence-electron chi connectivity index (χ4n) is 2.54. The van der Waals surface area contributed by atoms with Crippen LogP contribution in [-0.4, -0.2) is 48.5 Å². The molecule has 0 fully saturated rings. The summed E-state index contributed by atoms with van der Waals surface area (Å²) in [5, 5.41) is 23.1. The highest BCUT2D eigenvalue weighted by Gasteiger charge is 2.20. The molecule has 0 spiro atoms. The number of nitrogens with zero attached hydrogens (tertiary/aromatic N) is 4. The topological polar surface area (TPSA) is 131 Å². The lowest BCUT2D eigenvalue weighted by atomic mass is 10.2. The van der Waals surface area contributed by atoms with Crippen LogP contribution in [0.2, 0.25) is 0 Å². The van der Waals surface area contributed by atoms with Crippen LogP contribution in [0.3, 0.4) is 0 Å². The summed E-state index contributed by atoms with van der Waals surface area (Å²) >= 11 is 1.30. The quantitative estimate of drug-likeness (QED) is 0.575. The minimum atomic E-state index is -1.04. The number of fused-ring (bicyclic) bond motifs is 1. The van der Waals surface area contributed by atoms with Crippen molar-refractivity contribution >= 4 is 45.2 Å². The molecule has 0 bridgehead atoms. The zero-order chi connectivity index (χ0) is 19.7. The summed E-state index contributed by atoms with van der Waals surface area (Å²) in [7, 11) is 1.81. The molecule has 3 aromatic rings. The molecular weight excluding hydrogens is 372 g/mol. The summed E-state index contributed by atoms with van der Waals surface area (Å²) in [5.41, 5.74) is 0.838. The van der Waals surface area contributed by atoms with Crippen LogP contribution in [0.15, 0.2) is 18.3 Å². The number of rotatable bonds is 6. The van der Waals surface area contributed by atoms with Crippen LogP contribution >= 0.6 is 11.3 Å². The second kappa shape index (κ2) is 7.19. The molecule has 142 valence electrons. The largest absolute Gasteiger partial charge is 0.480 e. The normalized spacial score (nSPS) is 12.1. The standard InChI is InChI=1S/C16H18N6O4S/c1-8-10-6-11(27-16(10)21(3)19-8)15(26)17-9(2)14(25)18-12-4-5-22(20-12)7-13(23)24/h4-6,9H,7H2,1-3H3,(H,17,26)(H,23,24)(H,18,20,25). The van der Waals surface area contributed by atoms with Crippen LogP contribution in [0, 0.1) is 6.92 Å². The number of aryl methyl sites for hydroxylation is 2. The van der Waals surface area contributed by atoms with Crippen molar-refractivity contribution in [2.45, 2.75) is 26.4 Å². The number of anilines is 1. The second-order valence-corrected chi connectivity index (χ2v) is 7.05. The van der Waals surface area contributed by atoms with Crippen LogP contribution in [-0.2, 0) is 23.2 Å². The van der Waals surface area contributed by atoms with Crippen LogP contribution in [0.5, 0.6) is 0 Å². The highest BCUT2D eigenvalue weighted by Crippen LogP contribution is 2.27. The Kier molecular flexibility index (Phi) is 4.95. The molecule has 3 N–H and O–H groups in total. The molecule has 1 atom stereocenters. The zero-order valence-electron chi connectivity index (χ0n) is 14.9. The molecule has 0 saturated carbocycles. The molecule has 0 aliphatic rings. The fourth-order valence-corrected chi connectivity index (χ4v) is 3.57. The van der Waals surface area contributed by atoms with E-state index in [4.69, 9.17) is 5.11 Å². The van der Waals surface area contributed by atoms with Crippen molar-refractivity contribution in [3.8, 4) is 0 Å². The van der Waals surface area contributed by atoms with Crippen LogP contribution in [0.25, 0.3) is 10.2 Å². The number of amides is 2. The molecule has 0 aromatic carbocycles. The number of aromatic nitrogens is 4. The van der Waals surface area contributed by atoms with Crippen molar-refractivity contribution in [2.24, 2.45) is 7.05 Å². The van der Waals surface area contributed by atoms with E-state index in [0.717, 1.165) is 15.9 Å². The highest BCUT2D eigenvalue weighted by atomic mass is 32.1. The summed E-state index contributed by atoms with van der Waals surface area (Å²) in [5.74, 6) is -1.63. The Morgan fingerprint density at radius 3 is 2.74 bits per heavy atom. The van der Waals surface area contributed by atoms with Gasteiger partial charge in [-0.15, -0.1) is 11.3 Å². The first-order valence-electron chi connectivity index (χ1n) is 8.04. The van der Waals surface area contributed by atoms with Crippen LogP contribution < -0.4 is 10.6 Å². The first-order valence-corrected chi connectivity index (χ1v) is 8.86. The van der Waals surface area contributed by atoms with Crippen molar-refractivity contribution in [1.29, 1.82) is 0 Å². The van der Waals surface area contributed by atoms with Gasteiger partial charge in [-0.25, -0.2) is 0 Å². The number of nitrogens with one attached hydrogen (secondary N) is 2. The van der Waals surface area contributed by atoms with Crippen molar-refractivity contribution in [2.75, 3.05) is 5.32 Å². The average Bonchev–Trinajstić information content (AvgIpc) is 3.26. The number of carbonyl (C=O) groups excluding carboxylic acids is 2. The van der Waals surface area contributed by atoms with E-state index in [0.29, 0.717) is 4.88 Å². The first-order chi connectivity index (χ1) is 12.7. The maximum absolute atomic E-state index is 12.4. The number of hydrogen-bond acceptors (Lipinski definition) is 6. The summed E-state index contributed by atoms with van der Waals surface area (Å²) in [4.78, 5) is 36.7. The minimum absolute atomic E-state index is 0.214. The SMILES string of the molecule is Cc1nn(C)c2sc(C(=O)NC(C)C(=O)Nc3ccn(CC(=O)O)n3)cc12. The lowest BCUT2D eigenvalue weighted by Crippen LogP contribution is -2.41. The van der Waals surface area contributed by atoms with Crippen LogP contribution in [0.4, 0.5) is 5.82 Å². The van der Waals surface area contributed by atoms with Gasteiger partial charge in [-0.2, -0.15) is 10.2 Å². The molecular formula is C16H18N6O4S. The van der Waals surface area contributed by atoms with E-state index in [9.17, 15) is 14.4 Å². The van der Waals surface area contributed by atoms with Gasteiger partial charge in [0, 0.05) is 24.7 Å². The number of carbonyl (C=O) groups is 3. The summed E-state index contributed by atoms with van der Waals surface area (Å²) in [6.07, 6.45) is 1.44. The van der Waals surface area contributed by atoms with Gasteiger partial charge >= 0.3 is 5.97 Å². The Morgan fingerprint density at radius 1 is 1.33 bits per heavy atom. The number of carboxylic acids is 1. The van der Waals surface area contributed by atoms with Gasteiger partial charge in [0.25, 0.3) is 5.91 Å². The van der Waals surface area contributed by atoms with Gasteiger partial charge in [-0.05, 0) is 19.9 Å². The summed E-state index contributed by atoms with van der Waals surface area (Å²) in [6, 6.07) is 2.44. The fraction of sp³-hybridized carbons (Fsp3) is 0.312. The summed E-state index contributed by atoms with van der Waals surface area (Å²) < 4.78 is 2.91. The zero-order valence-corrected chi connectivity index (χ0v) is 15.7. The molecule has 0 radical (unpaired) electrons. The first kappa shape index (κ1) is 18.6. The Labute approximate surface area is 157 Å². The third-order valence-corrected chi connectivity index (χ3v) is 5.05. The van der Waals surface area contributed by atoms with Crippen molar-refractivity contribution in [1.82, 2.24) is 24.9 Å². The van der Waals surface area contributed by atoms with Gasteiger partial charge in [-0.3, -0.25) is 23.7 Å². The van der Waals surface area contributed by atoms with Gasteiger partial charge in [0.2, 0.25) is 5.91 Å². The number of carboxylic acid groups (broad SMARTS) is 1. The van der Waals surface area contributed by atoms with Crippen molar-refractivity contribution in [3.63, 3.8) is 0 Å². The molecule has 27 heavy (non-hydrogen) atoms. The van der Waals surface area contributed by atoms with Gasteiger partial charge in [0.05, 0.1) is 10.6 Å². The molecule has 3 heterocycles. The molecule has 0 aliphatic heterocycles. The molecule has 0 aliphatic carbocycles. The molecule has 11 heteroatoms. The molecule has 3 rings (SSSR count). The minimum Gasteiger partial charge on any atom is -0.480 e. The van der Waals surface area contributed by atoms with Gasteiger partial charge < -0.3 is 15.7 Å². The molecule has 10 nitrogen and oxygen atoms in total. The monoisotopic (exact) mass is 390 g/mol. The van der Waals surface area contributed by atoms with E-state index in [-0.39, 0.29) is 18.3 Å². The average molecular weight is 390 g/mol. The Bertz CT molecular complexity index is 999. The van der Waals surface area contributed by atoms with E-state index in [2.05, 4.69) is 20.8 Å². The number of hydrogen-bond donors (Lipinski definition) is 3. The predicted octanol–water partition coefficient (Wildman–Crippen LogP) is 0.981. The second-order valence-electron chi connectivity index (χ2n) is 6.02. The van der Waals surface area contributed by atoms with Crippen LogP contribution in [0.1, 0.15) is 22.3 Å². The highest BCUT2D eigenvalue weighted by molar-refractivity contribution is 7.20. The summed E-state index contributed by atoms with van der Waals surface area (Å²) in [6.45, 7) is 3.13. The predicted molar refractivity (Wildman–Crippen MR) is 98.7 cm³/mol. The van der Waals surface area contributed by atoms with Crippen molar-refractivity contribution in [3.05, 3.63) is 28.9 Å². The Morgan fingerprint density at radius 2 is 2.07 bits per heavy atom. The number of thiophene rings is 1. The molecule has 2 amide bonds. The maximum atomic E-state index is 12.4.